The highest BCUT2D eigenvalue weighted by atomic mass is 19.4. The van der Waals surface area contributed by atoms with Crippen LogP contribution in [0.4, 0.5) is 13.2 Å². The maximum atomic E-state index is 13.1. The van der Waals surface area contributed by atoms with Crippen LogP contribution in [0.3, 0.4) is 0 Å². The average molecular weight is 417 g/mol. The second kappa shape index (κ2) is 8.71. The molecule has 0 saturated carbocycles. The molecule has 8 heteroatoms. The van der Waals surface area contributed by atoms with E-state index in [1.807, 2.05) is 30.7 Å². The maximum Gasteiger partial charge on any atom is 0.416 e. The van der Waals surface area contributed by atoms with Crippen molar-refractivity contribution in [3.8, 4) is 0 Å². The van der Waals surface area contributed by atoms with Crippen molar-refractivity contribution >= 4 is 5.91 Å². The van der Waals surface area contributed by atoms with Crippen LogP contribution in [-0.2, 0) is 12.7 Å². The lowest BCUT2D eigenvalue weighted by atomic mass is 10.0. The number of amides is 1. The summed E-state index contributed by atoms with van der Waals surface area (Å²) in [5, 5.41) is 17.1. The van der Waals surface area contributed by atoms with Gasteiger partial charge in [0, 0.05) is 17.8 Å². The van der Waals surface area contributed by atoms with Gasteiger partial charge in [-0.3, -0.25) is 9.48 Å². The van der Waals surface area contributed by atoms with Crippen molar-refractivity contribution in [2.75, 3.05) is 6.54 Å². The zero-order valence-corrected chi connectivity index (χ0v) is 16.6. The van der Waals surface area contributed by atoms with Gasteiger partial charge in [0.25, 0.3) is 5.91 Å². The molecule has 0 aliphatic rings. The van der Waals surface area contributed by atoms with Crippen molar-refractivity contribution in [3.63, 3.8) is 0 Å². The molecule has 1 unspecified atom stereocenters. The molecule has 158 valence electrons. The first-order valence-electron chi connectivity index (χ1n) is 9.37. The maximum absolute atomic E-state index is 13.1. The number of carbonyl (C=O) groups excluding carboxylic acids is 1. The van der Waals surface area contributed by atoms with E-state index in [4.69, 9.17) is 0 Å². The highest BCUT2D eigenvalue weighted by molar-refractivity contribution is 5.94. The van der Waals surface area contributed by atoms with E-state index in [0.29, 0.717) is 12.1 Å². The van der Waals surface area contributed by atoms with Crippen LogP contribution < -0.4 is 5.32 Å². The molecule has 1 atom stereocenters. The fraction of sp³-hybridized carbons (Fsp3) is 0.273. The molecule has 0 bridgehead atoms. The largest absolute Gasteiger partial charge is 0.416 e. The topological polar surface area (TPSA) is 67.2 Å². The predicted octanol–water partition coefficient (Wildman–Crippen LogP) is 4.03. The Balaban J connectivity index is 1.68. The van der Waals surface area contributed by atoms with Crippen LogP contribution in [0.25, 0.3) is 0 Å². The number of aromatic nitrogens is 2. The summed E-state index contributed by atoms with van der Waals surface area (Å²) in [5.41, 5.74) is 1.91. The van der Waals surface area contributed by atoms with Crippen molar-refractivity contribution in [1.29, 1.82) is 0 Å². The van der Waals surface area contributed by atoms with Crippen LogP contribution in [0, 0.1) is 13.8 Å². The molecule has 1 amide bonds. The first kappa shape index (κ1) is 21.6. The Morgan fingerprint density at radius 2 is 1.87 bits per heavy atom. The molecule has 0 saturated heterocycles. The van der Waals surface area contributed by atoms with Gasteiger partial charge in [0.2, 0.25) is 0 Å². The number of hydrogen-bond donors (Lipinski definition) is 2. The van der Waals surface area contributed by atoms with E-state index >= 15 is 0 Å². The number of halogens is 3. The number of aliphatic hydroxyl groups excluding tert-OH is 1. The summed E-state index contributed by atoms with van der Waals surface area (Å²) in [5.74, 6) is -0.478. The highest BCUT2D eigenvalue weighted by Gasteiger charge is 2.34. The summed E-state index contributed by atoms with van der Waals surface area (Å²) in [6.07, 6.45) is -6.07. The summed E-state index contributed by atoms with van der Waals surface area (Å²) < 4.78 is 41.2. The van der Waals surface area contributed by atoms with E-state index in [9.17, 15) is 23.1 Å². The van der Waals surface area contributed by atoms with Crippen LogP contribution in [0.15, 0.2) is 54.6 Å². The summed E-state index contributed by atoms with van der Waals surface area (Å²) in [6.45, 7) is 3.99. The Morgan fingerprint density at radius 1 is 1.13 bits per heavy atom. The molecule has 0 aliphatic carbocycles. The molecular weight excluding hydrogens is 395 g/mol. The standard InChI is InChI=1S/C22H22F3N3O2/c1-14-10-15(2)28(27-14)13-16-6-5-7-17(11-16)21(30)26-12-20(29)18-8-3-4-9-19(18)22(23,24)25/h3-11,20,29H,12-13H2,1-2H3,(H,26,30). The molecule has 3 aromatic rings. The lowest BCUT2D eigenvalue weighted by Crippen LogP contribution is -2.29. The van der Waals surface area contributed by atoms with Crippen LogP contribution in [0.5, 0.6) is 0 Å². The zero-order valence-electron chi connectivity index (χ0n) is 16.6. The lowest BCUT2D eigenvalue weighted by molar-refractivity contribution is -0.139. The third-order valence-corrected chi connectivity index (χ3v) is 4.71. The monoisotopic (exact) mass is 417 g/mol. The summed E-state index contributed by atoms with van der Waals surface area (Å²) in [4.78, 5) is 12.5. The number of alkyl halides is 3. The number of rotatable bonds is 6. The van der Waals surface area contributed by atoms with Gasteiger partial charge >= 0.3 is 6.18 Å². The third-order valence-electron chi connectivity index (χ3n) is 4.71. The Morgan fingerprint density at radius 3 is 2.53 bits per heavy atom. The highest BCUT2D eigenvalue weighted by Crippen LogP contribution is 2.34. The fourth-order valence-corrected chi connectivity index (χ4v) is 3.27. The van der Waals surface area contributed by atoms with Gasteiger partial charge in [-0.2, -0.15) is 18.3 Å². The van der Waals surface area contributed by atoms with E-state index in [-0.39, 0.29) is 12.1 Å². The van der Waals surface area contributed by atoms with Crippen molar-refractivity contribution in [2.24, 2.45) is 0 Å². The summed E-state index contributed by atoms with van der Waals surface area (Å²) in [6, 6.07) is 13.6. The molecule has 0 radical (unpaired) electrons. The van der Waals surface area contributed by atoms with Crippen LogP contribution in [0.1, 0.15) is 44.5 Å². The first-order valence-corrected chi connectivity index (χ1v) is 9.37. The minimum absolute atomic E-state index is 0.274. The second-order valence-electron chi connectivity index (χ2n) is 7.10. The Hall–Kier alpha value is -3.13. The van der Waals surface area contributed by atoms with Gasteiger partial charge in [-0.25, -0.2) is 0 Å². The molecule has 30 heavy (non-hydrogen) atoms. The van der Waals surface area contributed by atoms with Gasteiger partial charge in [-0.05, 0) is 49.2 Å². The average Bonchev–Trinajstić information content (AvgIpc) is 3.02. The molecule has 1 aromatic heterocycles. The van der Waals surface area contributed by atoms with E-state index in [1.165, 1.54) is 18.2 Å². The van der Waals surface area contributed by atoms with E-state index in [0.717, 1.165) is 23.0 Å². The fourth-order valence-electron chi connectivity index (χ4n) is 3.27. The van der Waals surface area contributed by atoms with Crippen molar-refractivity contribution < 1.29 is 23.1 Å². The van der Waals surface area contributed by atoms with E-state index in [1.54, 1.807) is 18.2 Å². The van der Waals surface area contributed by atoms with Gasteiger partial charge in [0.1, 0.15) is 0 Å². The second-order valence-corrected chi connectivity index (χ2v) is 7.10. The van der Waals surface area contributed by atoms with Gasteiger partial charge in [0.15, 0.2) is 0 Å². The summed E-state index contributed by atoms with van der Waals surface area (Å²) >= 11 is 0. The van der Waals surface area contributed by atoms with Crippen molar-refractivity contribution in [1.82, 2.24) is 15.1 Å². The Kier molecular flexibility index (Phi) is 6.26. The van der Waals surface area contributed by atoms with Crippen molar-refractivity contribution in [2.45, 2.75) is 32.7 Å². The molecule has 2 N–H and O–H groups in total. The number of nitrogens with one attached hydrogen (secondary N) is 1. The van der Waals surface area contributed by atoms with Crippen LogP contribution >= 0.6 is 0 Å². The predicted molar refractivity (Wildman–Crippen MR) is 106 cm³/mol. The number of aryl methyl sites for hydroxylation is 2. The molecule has 2 aromatic carbocycles. The Labute approximate surface area is 172 Å². The molecule has 0 fully saturated rings. The number of aliphatic hydroxyl groups is 1. The minimum Gasteiger partial charge on any atom is -0.387 e. The SMILES string of the molecule is Cc1cc(C)n(Cc2cccc(C(=O)NCC(O)c3ccccc3C(F)(F)F)c2)n1. The van der Waals surface area contributed by atoms with Crippen LogP contribution in [-0.4, -0.2) is 27.3 Å². The normalized spacial score (nSPS) is 12.6. The lowest BCUT2D eigenvalue weighted by Gasteiger charge is -2.18. The van der Waals surface area contributed by atoms with Gasteiger partial charge in [-0.1, -0.05) is 30.3 Å². The number of carbonyl (C=O) groups is 1. The van der Waals surface area contributed by atoms with Gasteiger partial charge < -0.3 is 10.4 Å². The van der Waals surface area contributed by atoms with E-state index < -0.39 is 23.8 Å². The third kappa shape index (κ3) is 5.07. The molecule has 0 aliphatic heterocycles. The quantitative estimate of drug-likeness (QED) is 0.636. The zero-order chi connectivity index (χ0) is 21.9. The molecule has 5 nitrogen and oxygen atoms in total. The Bertz CT molecular complexity index is 1040. The van der Waals surface area contributed by atoms with Gasteiger partial charge in [-0.15, -0.1) is 0 Å². The van der Waals surface area contributed by atoms with Gasteiger partial charge in [0.05, 0.1) is 23.9 Å². The number of nitrogens with zero attached hydrogens (tertiary/aromatic N) is 2. The van der Waals surface area contributed by atoms with E-state index in [2.05, 4.69) is 10.4 Å². The molecular formula is C22H22F3N3O2. The minimum atomic E-state index is -4.58. The van der Waals surface area contributed by atoms with Crippen LogP contribution in [0.2, 0.25) is 0 Å². The first-order chi connectivity index (χ1) is 14.1. The molecule has 0 spiro atoms. The van der Waals surface area contributed by atoms with Crippen molar-refractivity contribution in [3.05, 3.63) is 88.2 Å². The molecule has 3 rings (SSSR count). The number of benzene rings is 2. The smallest absolute Gasteiger partial charge is 0.387 e. The number of hydrogen-bond acceptors (Lipinski definition) is 3. The summed E-state index contributed by atoms with van der Waals surface area (Å²) in [7, 11) is 0. The molecule has 1 heterocycles.